The van der Waals surface area contributed by atoms with E-state index in [1.807, 2.05) is 26.0 Å². The molecule has 0 amide bonds. The number of aryl methyl sites for hydroxylation is 2. The van der Waals surface area contributed by atoms with Crippen molar-refractivity contribution >= 4 is 15.9 Å². The van der Waals surface area contributed by atoms with Crippen LogP contribution in [0.3, 0.4) is 0 Å². The predicted octanol–water partition coefficient (Wildman–Crippen LogP) is 5.27. The second-order valence-electron chi connectivity index (χ2n) is 5.10. The van der Waals surface area contributed by atoms with Gasteiger partial charge in [-0.25, -0.2) is 8.78 Å². The monoisotopic (exact) mass is 354 g/mol. The quantitative estimate of drug-likeness (QED) is 0.679. The minimum absolute atomic E-state index is 0.0410. The van der Waals surface area contributed by atoms with Gasteiger partial charge in [0.2, 0.25) is 0 Å². The Bertz CT molecular complexity index is 632. The molecule has 2 aromatic carbocycles. The molecule has 0 saturated carbocycles. The summed E-state index contributed by atoms with van der Waals surface area (Å²) in [7, 11) is 1.65. The molecule has 2 rings (SSSR count). The van der Waals surface area contributed by atoms with Gasteiger partial charge in [-0.1, -0.05) is 34.1 Å². The van der Waals surface area contributed by atoms with E-state index in [-0.39, 0.29) is 4.83 Å². The SMILES string of the molecule is COc1c(C)cc(C(Br)Cc2ccc(F)cc2F)cc1C. The van der Waals surface area contributed by atoms with Gasteiger partial charge in [-0.3, -0.25) is 0 Å². The largest absolute Gasteiger partial charge is 0.496 e. The summed E-state index contributed by atoms with van der Waals surface area (Å²) in [6.07, 6.45) is 0.456. The number of methoxy groups -OCH3 is 1. The minimum Gasteiger partial charge on any atom is -0.496 e. The van der Waals surface area contributed by atoms with Gasteiger partial charge in [-0.2, -0.15) is 0 Å². The molecule has 0 aromatic heterocycles. The molecule has 0 aliphatic rings. The minimum atomic E-state index is -0.557. The summed E-state index contributed by atoms with van der Waals surface area (Å²) in [5, 5.41) is 0. The molecule has 1 unspecified atom stereocenters. The molecule has 0 aliphatic carbocycles. The lowest BCUT2D eigenvalue weighted by atomic mass is 9.99. The van der Waals surface area contributed by atoms with Crippen molar-refractivity contribution in [2.24, 2.45) is 0 Å². The Hall–Kier alpha value is -1.42. The van der Waals surface area contributed by atoms with E-state index in [1.165, 1.54) is 12.1 Å². The average molecular weight is 355 g/mol. The van der Waals surface area contributed by atoms with Gasteiger partial charge in [0.1, 0.15) is 17.4 Å². The maximum atomic E-state index is 13.7. The Labute approximate surface area is 132 Å². The second-order valence-corrected chi connectivity index (χ2v) is 6.20. The Balaban J connectivity index is 2.26. The number of hydrogen-bond donors (Lipinski definition) is 0. The number of benzene rings is 2. The van der Waals surface area contributed by atoms with Crippen LogP contribution in [-0.4, -0.2) is 7.11 Å². The van der Waals surface area contributed by atoms with E-state index in [9.17, 15) is 8.78 Å². The second kappa shape index (κ2) is 6.56. The number of hydrogen-bond acceptors (Lipinski definition) is 1. The van der Waals surface area contributed by atoms with Crippen molar-refractivity contribution in [3.8, 4) is 5.75 Å². The first-order valence-electron chi connectivity index (χ1n) is 6.65. The van der Waals surface area contributed by atoms with Crippen LogP contribution in [0.25, 0.3) is 0 Å². The molecule has 0 radical (unpaired) electrons. The van der Waals surface area contributed by atoms with Gasteiger partial charge in [0, 0.05) is 10.9 Å². The van der Waals surface area contributed by atoms with Crippen molar-refractivity contribution in [3.05, 3.63) is 64.2 Å². The van der Waals surface area contributed by atoms with Gasteiger partial charge in [0.05, 0.1) is 7.11 Å². The smallest absolute Gasteiger partial charge is 0.129 e. The summed E-state index contributed by atoms with van der Waals surface area (Å²) in [6, 6.07) is 7.73. The van der Waals surface area contributed by atoms with Crippen molar-refractivity contribution < 1.29 is 13.5 Å². The third-order valence-electron chi connectivity index (χ3n) is 3.46. The van der Waals surface area contributed by atoms with Crippen LogP contribution in [0.4, 0.5) is 8.78 Å². The highest BCUT2D eigenvalue weighted by atomic mass is 79.9. The molecule has 2 aromatic rings. The van der Waals surface area contributed by atoms with Crippen LogP contribution in [0.15, 0.2) is 30.3 Å². The highest BCUT2D eigenvalue weighted by Gasteiger charge is 2.15. The predicted molar refractivity (Wildman–Crippen MR) is 84.2 cm³/mol. The van der Waals surface area contributed by atoms with Crippen LogP contribution in [-0.2, 0) is 6.42 Å². The van der Waals surface area contributed by atoms with Gasteiger partial charge in [0.25, 0.3) is 0 Å². The normalized spacial score (nSPS) is 12.3. The first-order chi connectivity index (χ1) is 9.92. The molecule has 0 fully saturated rings. The molecule has 0 spiro atoms. The third kappa shape index (κ3) is 3.62. The highest BCUT2D eigenvalue weighted by molar-refractivity contribution is 9.09. The Morgan fingerprint density at radius 1 is 1.10 bits per heavy atom. The summed E-state index contributed by atoms with van der Waals surface area (Å²) in [4.78, 5) is -0.0410. The fourth-order valence-electron chi connectivity index (χ4n) is 2.48. The molecule has 0 N–H and O–H groups in total. The number of alkyl halides is 1. The van der Waals surface area contributed by atoms with E-state index < -0.39 is 11.6 Å². The van der Waals surface area contributed by atoms with Gasteiger partial charge in [-0.05, 0) is 48.6 Å². The fraction of sp³-hybridized carbons (Fsp3) is 0.294. The summed E-state index contributed by atoms with van der Waals surface area (Å²) in [5.41, 5.74) is 3.62. The first kappa shape index (κ1) is 16.0. The molecule has 112 valence electrons. The number of rotatable bonds is 4. The molecular formula is C17H17BrF2O. The zero-order valence-corrected chi connectivity index (χ0v) is 13.8. The summed E-state index contributed by atoms with van der Waals surface area (Å²) in [6.45, 7) is 3.96. The topological polar surface area (TPSA) is 9.23 Å². The standard InChI is InChI=1S/C17H17BrF2O/c1-10-6-13(7-11(2)17(10)21-3)15(18)8-12-4-5-14(19)9-16(12)20/h4-7,9,15H,8H2,1-3H3. The first-order valence-corrected chi connectivity index (χ1v) is 7.57. The van der Waals surface area contributed by atoms with Crippen LogP contribution in [0.1, 0.15) is 27.1 Å². The van der Waals surface area contributed by atoms with Gasteiger partial charge < -0.3 is 4.74 Å². The molecule has 1 nitrogen and oxygen atoms in total. The van der Waals surface area contributed by atoms with Crippen LogP contribution in [0.2, 0.25) is 0 Å². The molecule has 4 heteroatoms. The highest BCUT2D eigenvalue weighted by Crippen LogP contribution is 2.33. The lowest BCUT2D eigenvalue weighted by Crippen LogP contribution is -2.01. The Morgan fingerprint density at radius 2 is 1.71 bits per heavy atom. The Morgan fingerprint density at radius 3 is 2.24 bits per heavy atom. The lowest BCUT2D eigenvalue weighted by molar-refractivity contribution is 0.408. The maximum Gasteiger partial charge on any atom is 0.129 e. The van der Waals surface area contributed by atoms with E-state index in [0.29, 0.717) is 12.0 Å². The van der Waals surface area contributed by atoms with Crippen molar-refractivity contribution in [1.29, 1.82) is 0 Å². The van der Waals surface area contributed by atoms with E-state index in [4.69, 9.17) is 4.74 Å². The third-order valence-corrected chi connectivity index (χ3v) is 4.32. The molecule has 21 heavy (non-hydrogen) atoms. The van der Waals surface area contributed by atoms with Gasteiger partial charge >= 0.3 is 0 Å². The van der Waals surface area contributed by atoms with Gasteiger partial charge in [0.15, 0.2) is 0 Å². The van der Waals surface area contributed by atoms with Crippen molar-refractivity contribution in [2.45, 2.75) is 25.1 Å². The molecule has 0 saturated heterocycles. The molecule has 1 atom stereocenters. The van der Waals surface area contributed by atoms with Crippen LogP contribution in [0.5, 0.6) is 5.75 Å². The van der Waals surface area contributed by atoms with Crippen LogP contribution >= 0.6 is 15.9 Å². The fourth-order valence-corrected chi connectivity index (χ4v) is 3.10. The molecule has 0 bridgehead atoms. The Kier molecular flexibility index (Phi) is 4.99. The van der Waals surface area contributed by atoms with E-state index in [0.717, 1.165) is 28.5 Å². The van der Waals surface area contributed by atoms with E-state index >= 15 is 0 Å². The summed E-state index contributed by atoms with van der Waals surface area (Å²) >= 11 is 3.59. The number of halogens is 3. The molecular weight excluding hydrogens is 338 g/mol. The summed E-state index contributed by atoms with van der Waals surface area (Å²) < 4.78 is 32.0. The zero-order chi connectivity index (χ0) is 15.6. The van der Waals surface area contributed by atoms with E-state index in [2.05, 4.69) is 15.9 Å². The molecule has 0 aliphatic heterocycles. The summed E-state index contributed by atoms with van der Waals surface area (Å²) in [5.74, 6) is -0.202. The lowest BCUT2D eigenvalue weighted by Gasteiger charge is -2.15. The van der Waals surface area contributed by atoms with E-state index in [1.54, 1.807) is 7.11 Å². The zero-order valence-electron chi connectivity index (χ0n) is 12.2. The number of ether oxygens (including phenoxy) is 1. The van der Waals surface area contributed by atoms with Crippen molar-refractivity contribution in [3.63, 3.8) is 0 Å². The van der Waals surface area contributed by atoms with Gasteiger partial charge in [-0.15, -0.1) is 0 Å². The maximum absolute atomic E-state index is 13.7. The van der Waals surface area contributed by atoms with Crippen LogP contribution in [0, 0.1) is 25.5 Å². The van der Waals surface area contributed by atoms with Crippen molar-refractivity contribution in [1.82, 2.24) is 0 Å². The molecule has 0 heterocycles. The average Bonchev–Trinajstić information content (AvgIpc) is 2.41. The van der Waals surface area contributed by atoms with Crippen LogP contribution < -0.4 is 4.74 Å². The van der Waals surface area contributed by atoms with Crippen molar-refractivity contribution in [2.75, 3.05) is 7.11 Å².